The molecule has 0 unspecified atom stereocenters. The minimum absolute atomic E-state index is 0.539. The van der Waals surface area contributed by atoms with Crippen molar-refractivity contribution in [3.63, 3.8) is 0 Å². The Kier molecular flexibility index (Phi) is 4.39. The average molecular weight is 348 g/mol. The van der Waals surface area contributed by atoms with Crippen LogP contribution in [-0.4, -0.2) is 16.5 Å². The predicted molar refractivity (Wildman–Crippen MR) is 87.1 cm³/mol. The molecule has 5 heteroatoms. The summed E-state index contributed by atoms with van der Waals surface area (Å²) < 4.78 is 6.68. The first-order chi connectivity index (χ1) is 10.3. The highest BCUT2D eigenvalue weighted by Crippen LogP contribution is 2.31. The van der Waals surface area contributed by atoms with Crippen molar-refractivity contribution in [2.75, 3.05) is 11.9 Å². The Morgan fingerprint density at radius 2 is 2.05 bits per heavy atom. The molecule has 0 spiro atoms. The summed E-state index contributed by atoms with van der Waals surface area (Å²) in [6, 6.07) is 6.33. The summed E-state index contributed by atoms with van der Waals surface area (Å²) in [5, 5.41) is 3.09. The molecule has 0 amide bonds. The summed E-state index contributed by atoms with van der Waals surface area (Å²) >= 11 is 3.44. The van der Waals surface area contributed by atoms with Gasteiger partial charge in [0.2, 0.25) is 11.8 Å². The summed E-state index contributed by atoms with van der Waals surface area (Å²) in [5.74, 6) is 1.95. The van der Waals surface area contributed by atoms with Gasteiger partial charge in [-0.05, 0) is 71.8 Å². The third-order valence-corrected chi connectivity index (χ3v) is 4.13. The highest BCUT2D eigenvalue weighted by molar-refractivity contribution is 9.10. The zero-order valence-electron chi connectivity index (χ0n) is 12.0. The topological polar surface area (TPSA) is 47.0 Å². The van der Waals surface area contributed by atoms with Gasteiger partial charge in [-0.3, -0.25) is 0 Å². The molecule has 0 fully saturated rings. The molecular weight excluding hydrogens is 330 g/mol. The maximum absolute atomic E-state index is 5.92. The molecule has 110 valence electrons. The zero-order valence-corrected chi connectivity index (χ0v) is 13.6. The number of fused-ring (bicyclic) bond motifs is 1. The van der Waals surface area contributed by atoms with Gasteiger partial charge in [0.25, 0.3) is 0 Å². The van der Waals surface area contributed by atoms with Crippen molar-refractivity contribution in [1.29, 1.82) is 0 Å². The maximum Gasteiger partial charge on any atom is 0.238 e. The largest absolute Gasteiger partial charge is 0.438 e. The minimum Gasteiger partial charge on any atom is -0.438 e. The van der Waals surface area contributed by atoms with Crippen LogP contribution in [0.5, 0.6) is 11.6 Å². The van der Waals surface area contributed by atoms with Crippen molar-refractivity contribution in [3.05, 3.63) is 40.0 Å². The molecule has 0 bridgehead atoms. The molecule has 0 saturated carbocycles. The third-order valence-electron chi connectivity index (χ3n) is 3.58. The zero-order chi connectivity index (χ0) is 14.7. The van der Waals surface area contributed by atoms with Crippen molar-refractivity contribution < 1.29 is 4.74 Å². The first kappa shape index (κ1) is 14.3. The van der Waals surface area contributed by atoms with Gasteiger partial charge in [0.05, 0.1) is 10.7 Å². The molecule has 0 radical (unpaired) electrons. The van der Waals surface area contributed by atoms with Crippen LogP contribution in [0.1, 0.15) is 30.9 Å². The van der Waals surface area contributed by atoms with E-state index >= 15 is 0 Å². The van der Waals surface area contributed by atoms with Gasteiger partial charge in [-0.1, -0.05) is 6.07 Å². The van der Waals surface area contributed by atoms with E-state index < -0.39 is 0 Å². The SMILES string of the molecule is CCNc1ncc(Br)c(Oc2ccc3c(c2)CCCC3)n1. The summed E-state index contributed by atoms with van der Waals surface area (Å²) in [6.07, 6.45) is 6.57. The number of benzene rings is 1. The van der Waals surface area contributed by atoms with Crippen molar-refractivity contribution >= 4 is 21.9 Å². The highest BCUT2D eigenvalue weighted by Gasteiger charge is 2.12. The second-order valence-corrected chi connectivity index (χ2v) is 5.97. The second-order valence-electron chi connectivity index (χ2n) is 5.12. The van der Waals surface area contributed by atoms with Crippen molar-refractivity contribution in [3.8, 4) is 11.6 Å². The number of halogens is 1. The van der Waals surface area contributed by atoms with Gasteiger partial charge in [0, 0.05) is 6.54 Å². The van der Waals surface area contributed by atoms with Crippen LogP contribution in [0.3, 0.4) is 0 Å². The summed E-state index contributed by atoms with van der Waals surface area (Å²) in [5.41, 5.74) is 2.85. The lowest BCUT2D eigenvalue weighted by Crippen LogP contribution is -2.04. The number of hydrogen-bond donors (Lipinski definition) is 1. The van der Waals surface area contributed by atoms with Gasteiger partial charge in [-0.2, -0.15) is 4.98 Å². The van der Waals surface area contributed by atoms with Gasteiger partial charge in [0.15, 0.2) is 0 Å². The van der Waals surface area contributed by atoms with E-state index in [0.29, 0.717) is 11.8 Å². The molecule has 0 atom stereocenters. The van der Waals surface area contributed by atoms with Crippen molar-refractivity contribution in [2.24, 2.45) is 0 Å². The fourth-order valence-corrected chi connectivity index (χ4v) is 2.82. The van der Waals surface area contributed by atoms with E-state index in [1.807, 2.05) is 13.0 Å². The van der Waals surface area contributed by atoms with Gasteiger partial charge < -0.3 is 10.1 Å². The number of anilines is 1. The monoisotopic (exact) mass is 347 g/mol. The Hall–Kier alpha value is -1.62. The fraction of sp³-hybridized carbons (Fsp3) is 0.375. The molecule has 0 aliphatic heterocycles. The van der Waals surface area contributed by atoms with Gasteiger partial charge in [0.1, 0.15) is 5.75 Å². The lowest BCUT2D eigenvalue weighted by Gasteiger charge is -2.16. The molecule has 1 aliphatic rings. The molecule has 1 heterocycles. The predicted octanol–water partition coefficient (Wildman–Crippen LogP) is 4.34. The van der Waals surface area contributed by atoms with E-state index in [4.69, 9.17) is 4.74 Å². The smallest absolute Gasteiger partial charge is 0.238 e. The number of nitrogens with zero attached hydrogens (tertiary/aromatic N) is 2. The molecule has 0 saturated heterocycles. The van der Waals surface area contributed by atoms with E-state index in [-0.39, 0.29) is 0 Å². The molecule has 1 aliphatic carbocycles. The Bertz CT molecular complexity index is 645. The lowest BCUT2D eigenvalue weighted by atomic mass is 9.92. The van der Waals surface area contributed by atoms with Crippen LogP contribution in [0.25, 0.3) is 0 Å². The maximum atomic E-state index is 5.92. The van der Waals surface area contributed by atoms with Gasteiger partial charge in [-0.15, -0.1) is 0 Å². The van der Waals surface area contributed by atoms with E-state index in [9.17, 15) is 0 Å². The Morgan fingerprint density at radius 1 is 1.24 bits per heavy atom. The molecule has 1 aromatic carbocycles. The van der Waals surface area contributed by atoms with E-state index in [1.54, 1.807) is 6.20 Å². The second kappa shape index (κ2) is 6.43. The number of hydrogen-bond acceptors (Lipinski definition) is 4. The Labute approximate surface area is 133 Å². The van der Waals surface area contributed by atoms with Crippen LogP contribution in [0, 0.1) is 0 Å². The number of aromatic nitrogens is 2. The summed E-state index contributed by atoms with van der Waals surface area (Å²) in [6.45, 7) is 2.79. The molecular formula is C16H18BrN3O. The summed E-state index contributed by atoms with van der Waals surface area (Å²) in [7, 11) is 0. The lowest BCUT2D eigenvalue weighted by molar-refractivity contribution is 0.457. The van der Waals surface area contributed by atoms with Crippen LogP contribution in [0.2, 0.25) is 0 Å². The normalized spacial score (nSPS) is 13.6. The molecule has 4 nitrogen and oxygen atoms in total. The number of rotatable bonds is 4. The van der Waals surface area contributed by atoms with Crippen LogP contribution in [-0.2, 0) is 12.8 Å². The Balaban J connectivity index is 1.84. The highest BCUT2D eigenvalue weighted by atomic mass is 79.9. The first-order valence-corrected chi connectivity index (χ1v) is 8.11. The molecule has 3 rings (SSSR count). The number of nitrogens with one attached hydrogen (secondary N) is 1. The van der Waals surface area contributed by atoms with E-state index in [0.717, 1.165) is 23.2 Å². The number of aryl methyl sites for hydroxylation is 2. The molecule has 21 heavy (non-hydrogen) atoms. The first-order valence-electron chi connectivity index (χ1n) is 7.32. The third kappa shape index (κ3) is 3.35. The van der Waals surface area contributed by atoms with Crippen LogP contribution >= 0.6 is 15.9 Å². The average Bonchev–Trinajstić information content (AvgIpc) is 2.51. The minimum atomic E-state index is 0.539. The fourth-order valence-electron chi connectivity index (χ4n) is 2.55. The number of ether oxygens (including phenoxy) is 1. The van der Waals surface area contributed by atoms with Crippen LogP contribution in [0.15, 0.2) is 28.9 Å². The van der Waals surface area contributed by atoms with Crippen LogP contribution < -0.4 is 10.1 Å². The van der Waals surface area contributed by atoms with Gasteiger partial charge in [-0.25, -0.2) is 4.98 Å². The molecule has 1 aromatic heterocycles. The summed E-state index contributed by atoms with van der Waals surface area (Å²) in [4.78, 5) is 8.57. The van der Waals surface area contributed by atoms with Crippen LogP contribution in [0.4, 0.5) is 5.95 Å². The van der Waals surface area contributed by atoms with Crippen molar-refractivity contribution in [2.45, 2.75) is 32.6 Å². The van der Waals surface area contributed by atoms with Gasteiger partial charge >= 0.3 is 0 Å². The van der Waals surface area contributed by atoms with E-state index in [1.165, 1.54) is 30.4 Å². The van der Waals surface area contributed by atoms with E-state index in [2.05, 4.69) is 43.3 Å². The standard InChI is InChI=1S/C16H18BrN3O/c1-2-18-16-19-10-14(17)15(20-16)21-13-8-7-11-5-3-4-6-12(11)9-13/h7-10H,2-6H2,1H3,(H,18,19,20). The molecule has 2 aromatic rings. The quantitative estimate of drug-likeness (QED) is 0.893. The van der Waals surface area contributed by atoms with Crippen molar-refractivity contribution in [1.82, 2.24) is 9.97 Å². The Morgan fingerprint density at radius 3 is 2.86 bits per heavy atom. The molecule has 1 N–H and O–H groups in total.